The molecule has 76 valence electrons. The van der Waals surface area contributed by atoms with Crippen molar-refractivity contribution in [2.45, 2.75) is 25.3 Å². The van der Waals surface area contributed by atoms with Crippen LogP contribution in [0, 0.1) is 0 Å². The average Bonchev–Trinajstić information content (AvgIpc) is 2.18. The van der Waals surface area contributed by atoms with E-state index in [1.807, 2.05) is 4.90 Å². The summed E-state index contributed by atoms with van der Waals surface area (Å²) in [5.74, 6) is 4.79. The lowest BCUT2D eigenvalue weighted by molar-refractivity contribution is -0.123. The van der Waals surface area contributed by atoms with Gasteiger partial charge in [0.15, 0.2) is 0 Å². The Morgan fingerprint density at radius 2 is 2.38 bits per heavy atom. The van der Waals surface area contributed by atoms with Crippen molar-refractivity contribution in [2.24, 2.45) is 5.84 Å². The topological polar surface area (TPSA) is 78.6 Å². The first-order valence-electron chi connectivity index (χ1n) is 4.62. The van der Waals surface area contributed by atoms with Crippen LogP contribution in [0.4, 0.5) is 0 Å². The highest BCUT2D eigenvalue weighted by Crippen LogP contribution is 2.15. The van der Waals surface area contributed by atoms with E-state index in [0.717, 1.165) is 25.8 Å². The molecule has 5 heteroatoms. The van der Waals surface area contributed by atoms with Gasteiger partial charge in [-0.2, -0.15) is 0 Å². The number of aliphatic hydroxyl groups excluding tert-OH is 1. The summed E-state index contributed by atoms with van der Waals surface area (Å²) in [4.78, 5) is 13.0. The lowest BCUT2D eigenvalue weighted by atomic mass is 10.0. The largest absolute Gasteiger partial charge is 0.395 e. The summed E-state index contributed by atoms with van der Waals surface area (Å²) in [6, 6.07) is 0.131. The summed E-state index contributed by atoms with van der Waals surface area (Å²) in [5, 5.41) is 9.04. The molecule has 0 spiro atoms. The van der Waals surface area contributed by atoms with Gasteiger partial charge in [0.05, 0.1) is 13.2 Å². The van der Waals surface area contributed by atoms with Crippen LogP contribution in [-0.4, -0.2) is 41.7 Å². The van der Waals surface area contributed by atoms with E-state index < -0.39 is 0 Å². The summed E-state index contributed by atoms with van der Waals surface area (Å²) < 4.78 is 0. The highest BCUT2D eigenvalue weighted by Gasteiger charge is 2.22. The fraction of sp³-hybridized carbons (Fsp3) is 0.875. The number of carbonyl (C=O) groups is 1. The molecule has 0 aromatic heterocycles. The Morgan fingerprint density at radius 3 is 3.00 bits per heavy atom. The van der Waals surface area contributed by atoms with E-state index in [2.05, 4.69) is 5.43 Å². The first-order chi connectivity index (χ1) is 6.27. The molecule has 0 aliphatic carbocycles. The van der Waals surface area contributed by atoms with Gasteiger partial charge in [0.25, 0.3) is 0 Å². The highest BCUT2D eigenvalue weighted by atomic mass is 16.3. The molecule has 0 bridgehead atoms. The van der Waals surface area contributed by atoms with Crippen LogP contribution in [0.2, 0.25) is 0 Å². The minimum Gasteiger partial charge on any atom is -0.395 e. The molecule has 1 rings (SSSR count). The van der Waals surface area contributed by atoms with Crippen LogP contribution in [0.3, 0.4) is 0 Å². The zero-order valence-electron chi connectivity index (χ0n) is 7.70. The molecule has 0 saturated carbocycles. The van der Waals surface area contributed by atoms with Gasteiger partial charge in [0.1, 0.15) is 0 Å². The number of rotatable bonds is 3. The Balaban J connectivity index is 2.40. The van der Waals surface area contributed by atoms with Gasteiger partial charge in [-0.3, -0.25) is 15.1 Å². The van der Waals surface area contributed by atoms with Crippen molar-refractivity contribution in [1.29, 1.82) is 0 Å². The zero-order chi connectivity index (χ0) is 9.68. The molecule has 4 N–H and O–H groups in total. The Morgan fingerprint density at radius 1 is 1.62 bits per heavy atom. The van der Waals surface area contributed by atoms with Crippen molar-refractivity contribution in [3.05, 3.63) is 0 Å². The predicted octanol–water partition coefficient (Wildman–Crippen LogP) is -1.18. The van der Waals surface area contributed by atoms with Crippen LogP contribution < -0.4 is 11.3 Å². The second kappa shape index (κ2) is 5.16. The monoisotopic (exact) mass is 187 g/mol. The molecule has 0 radical (unpaired) electrons. The zero-order valence-corrected chi connectivity index (χ0v) is 7.70. The number of aliphatic hydroxyl groups is 1. The molecular weight excluding hydrogens is 170 g/mol. The Bertz CT molecular complexity index is 175. The number of amides is 1. The van der Waals surface area contributed by atoms with E-state index in [9.17, 15) is 4.79 Å². The number of hydrogen-bond donors (Lipinski definition) is 3. The molecule has 1 saturated heterocycles. The smallest absolute Gasteiger partial charge is 0.248 e. The number of nitrogens with zero attached hydrogens (tertiary/aromatic N) is 1. The summed E-state index contributed by atoms with van der Waals surface area (Å²) in [5.41, 5.74) is 2.09. The van der Waals surface area contributed by atoms with Gasteiger partial charge in [-0.05, 0) is 19.4 Å². The Kier molecular flexibility index (Phi) is 4.14. The van der Waals surface area contributed by atoms with E-state index in [0.29, 0.717) is 6.54 Å². The van der Waals surface area contributed by atoms with Crippen LogP contribution in [0.25, 0.3) is 0 Å². The van der Waals surface area contributed by atoms with Crippen molar-refractivity contribution in [3.8, 4) is 0 Å². The molecule has 1 atom stereocenters. The molecule has 1 heterocycles. The molecule has 0 aromatic rings. The molecule has 1 amide bonds. The quantitative estimate of drug-likeness (QED) is 0.295. The fourth-order valence-electron chi connectivity index (χ4n) is 1.71. The molecular formula is C8H17N3O2. The molecule has 1 aliphatic heterocycles. The van der Waals surface area contributed by atoms with E-state index in [4.69, 9.17) is 10.9 Å². The van der Waals surface area contributed by atoms with Crippen molar-refractivity contribution in [2.75, 3.05) is 19.7 Å². The number of hydrazine groups is 1. The maximum Gasteiger partial charge on any atom is 0.248 e. The normalized spacial score (nSPS) is 24.3. The van der Waals surface area contributed by atoms with Gasteiger partial charge in [0, 0.05) is 6.04 Å². The summed E-state index contributed by atoms with van der Waals surface area (Å²) in [6.07, 6.45) is 3.19. The SMILES string of the molecule is NNC(=O)CN1CCCCC1CO. The summed E-state index contributed by atoms with van der Waals surface area (Å²) in [6.45, 7) is 1.29. The van der Waals surface area contributed by atoms with E-state index >= 15 is 0 Å². The first-order valence-corrected chi connectivity index (χ1v) is 4.62. The molecule has 1 aliphatic rings. The number of hydrogen-bond acceptors (Lipinski definition) is 4. The maximum absolute atomic E-state index is 11.0. The predicted molar refractivity (Wildman–Crippen MR) is 48.6 cm³/mol. The van der Waals surface area contributed by atoms with Gasteiger partial charge >= 0.3 is 0 Å². The van der Waals surface area contributed by atoms with Crippen molar-refractivity contribution in [1.82, 2.24) is 10.3 Å². The fourth-order valence-corrected chi connectivity index (χ4v) is 1.71. The van der Waals surface area contributed by atoms with Crippen LogP contribution >= 0.6 is 0 Å². The lowest BCUT2D eigenvalue weighted by Crippen LogP contribution is -2.48. The van der Waals surface area contributed by atoms with E-state index in [1.54, 1.807) is 0 Å². The Hall–Kier alpha value is -0.650. The van der Waals surface area contributed by atoms with E-state index in [1.165, 1.54) is 0 Å². The molecule has 0 aromatic carbocycles. The third-order valence-electron chi connectivity index (χ3n) is 2.47. The van der Waals surface area contributed by atoms with Crippen LogP contribution in [-0.2, 0) is 4.79 Å². The molecule has 1 fully saturated rings. The second-order valence-corrected chi connectivity index (χ2v) is 3.37. The van der Waals surface area contributed by atoms with Gasteiger partial charge in [-0.1, -0.05) is 6.42 Å². The van der Waals surface area contributed by atoms with Gasteiger partial charge in [-0.15, -0.1) is 0 Å². The lowest BCUT2D eigenvalue weighted by Gasteiger charge is -2.33. The Labute approximate surface area is 77.9 Å². The number of likely N-dealkylation sites (tertiary alicyclic amines) is 1. The highest BCUT2D eigenvalue weighted by molar-refractivity contribution is 5.77. The number of carbonyl (C=O) groups excluding carboxylic acids is 1. The molecule has 5 nitrogen and oxygen atoms in total. The van der Waals surface area contributed by atoms with Crippen molar-refractivity contribution in [3.63, 3.8) is 0 Å². The third-order valence-corrected chi connectivity index (χ3v) is 2.47. The molecule has 1 unspecified atom stereocenters. The van der Waals surface area contributed by atoms with E-state index in [-0.39, 0.29) is 18.6 Å². The first kappa shape index (κ1) is 10.4. The number of nitrogens with one attached hydrogen (secondary N) is 1. The standard InChI is InChI=1S/C8H17N3O2/c9-10-8(13)5-11-4-2-1-3-7(11)6-12/h7,12H,1-6,9H2,(H,10,13). The maximum atomic E-state index is 11.0. The number of piperidine rings is 1. The minimum atomic E-state index is -0.194. The van der Waals surface area contributed by atoms with Crippen LogP contribution in [0.15, 0.2) is 0 Å². The summed E-state index contributed by atoms with van der Waals surface area (Å²) >= 11 is 0. The second-order valence-electron chi connectivity index (χ2n) is 3.37. The third kappa shape index (κ3) is 2.95. The van der Waals surface area contributed by atoms with Gasteiger partial charge in [0.2, 0.25) is 5.91 Å². The van der Waals surface area contributed by atoms with Crippen LogP contribution in [0.1, 0.15) is 19.3 Å². The van der Waals surface area contributed by atoms with Crippen LogP contribution in [0.5, 0.6) is 0 Å². The number of nitrogens with two attached hydrogens (primary N) is 1. The van der Waals surface area contributed by atoms with Gasteiger partial charge in [-0.25, -0.2) is 5.84 Å². The van der Waals surface area contributed by atoms with Gasteiger partial charge < -0.3 is 5.11 Å². The van der Waals surface area contributed by atoms with Crippen molar-refractivity contribution < 1.29 is 9.90 Å². The average molecular weight is 187 g/mol. The minimum absolute atomic E-state index is 0.123. The summed E-state index contributed by atoms with van der Waals surface area (Å²) in [7, 11) is 0. The van der Waals surface area contributed by atoms with Crippen molar-refractivity contribution >= 4 is 5.91 Å². The molecule has 13 heavy (non-hydrogen) atoms.